The summed E-state index contributed by atoms with van der Waals surface area (Å²) in [7, 11) is -3.28. The summed E-state index contributed by atoms with van der Waals surface area (Å²) >= 11 is 0. The van der Waals surface area contributed by atoms with Crippen LogP contribution in [0.25, 0.3) is 0 Å². The molecule has 2 rings (SSSR count). The number of nitrogens with one attached hydrogen (secondary N) is 1. The van der Waals surface area contributed by atoms with Gasteiger partial charge in [-0.2, -0.15) is 13.2 Å². The maximum atomic E-state index is 12.3. The zero-order chi connectivity index (χ0) is 24.2. The lowest BCUT2D eigenvalue weighted by Crippen LogP contribution is -2.47. The second-order valence-corrected chi connectivity index (χ2v) is 9.55. The number of nitrogens with zero attached hydrogens (tertiary/aromatic N) is 3. The van der Waals surface area contributed by atoms with Crippen LogP contribution in [0.5, 0.6) is 0 Å². The second-order valence-electron chi connectivity index (χ2n) is 7.29. The molecule has 32 heavy (non-hydrogen) atoms. The SMILES string of the molecule is CCS(=O)(=O)N(CCCN1CCOCC1)CCC(=O)N1CCNCC1.O=C(O)C(F)(F)F. The average molecular weight is 491 g/mol. The van der Waals surface area contributed by atoms with Gasteiger partial charge in [0.15, 0.2) is 0 Å². The molecule has 0 aromatic carbocycles. The molecule has 2 saturated heterocycles. The second kappa shape index (κ2) is 13.9. The Labute approximate surface area is 186 Å². The molecule has 0 saturated carbocycles. The Hall–Kier alpha value is -1.48. The highest BCUT2D eigenvalue weighted by atomic mass is 32.2. The van der Waals surface area contributed by atoms with Crippen LogP contribution < -0.4 is 5.32 Å². The maximum absolute atomic E-state index is 12.3. The Balaban J connectivity index is 0.000000633. The topological polar surface area (TPSA) is 119 Å². The minimum Gasteiger partial charge on any atom is -0.475 e. The van der Waals surface area contributed by atoms with Gasteiger partial charge in [0.2, 0.25) is 15.9 Å². The molecule has 0 atom stereocenters. The predicted octanol–water partition coefficient (Wildman–Crippen LogP) is -0.184. The van der Waals surface area contributed by atoms with Crippen molar-refractivity contribution in [3.63, 3.8) is 0 Å². The number of aliphatic carboxylic acids is 1. The van der Waals surface area contributed by atoms with E-state index in [-0.39, 0.29) is 24.6 Å². The first-order valence-corrected chi connectivity index (χ1v) is 12.1. The summed E-state index contributed by atoms with van der Waals surface area (Å²) in [6, 6.07) is 0. The van der Waals surface area contributed by atoms with E-state index in [0.717, 1.165) is 52.4 Å². The van der Waals surface area contributed by atoms with Crippen LogP contribution >= 0.6 is 0 Å². The Kier molecular flexibility index (Phi) is 12.4. The van der Waals surface area contributed by atoms with Crippen LogP contribution in [-0.2, 0) is 24.3 Å². The first kappa shape index (κ1) is 28.6. The van der Waals surface area contributed by atoms with Gasteiger partial charge in [0.1, 0.15) is 0 Å². The Morgan fingerprint density at radius 1 is 1.09 bits per heavy atom. The van der Waals surface area contributed by atoms with Crippen molar-refractivity contribution in [2.75, 3.05) is 77.9 Å². The zero-order valence-electron chi connectivity index (χ0n) is 18.3. The third-order valence-electron chi connectivity index (χ3n) is 5.03. The molecule has 188 valence electrons. The zero-order valence-corrected chi connectivity index (χ0v) is 19.1. The molecule has 0 aliphatic carbocycles. The van der Waals surface area contributed by atoms with Gasteiger partial charge in [0.25, 0.3) is 0 Å². The molecule has 1 amide bonds. The Morgan fingerprint density at radius 3 is 2.16 bits per heavy atom. The summed E-state index contributed by atoms with van der Waals surface area (Å²) in [5.41, 5.74) is 0. The highest BCUT2D eigenvalue weighted by Crippen LogP contribution is 2.13. The van der Waals surface area contributed by atoms with E-state index in [2.05, 4.69) is 10.2 Å². The third-order valence-corrected chi connectivity index (χ3v) is 6.91. The van der Waals surface area contributed by atoms with E-state index in [4.69, 9.17) is 14.6 Å². The molecular formula is C18H33F3N4O6S. The average Bonchev–Trinajstić information content (AvgIpc) is 2.76. The van der Waals surface area contributed by atoms with E-state index >= 15 is 0 Å². The molecule has 2 fully saturated rings. The first-order valence-electron chi connectivity index (χ1n) is 10.5. The number of carbonyl (C=O) groups is 2. The number of amides is 1. The summed E-state index contributed by atoms with van der Waals surface area (Å²) in [6.45, 7) is 9.60. The number of piperazine rings is 1. The molecule has 14 heteroatoms. The maximum Gasteiger partial charge on any atom is 0.490 e. The van der Waals surface area contributed by atoms with Crippen molar-refractivity contribution >= 4 is 21.9 Å². The van der Waals surface area contributed by atoms with Gasteiger partial charge in [-0.05, 0) is 19.9 Å². The largest absolute Gasteiger partial charge is 0.490 e. The summed E-state index contributed by atoms with van der Waals surface area (Å²) in [6.07, 6.45) is -4.04. The normalized spacial score (nSPS) is 18.2. The van der Waals surface area contributed by atoms with Crippen molar-refractivity contribution in [1.82, 2.24) is 19.4 Å². The molecular weight excluding hydrogens is 457 g/mol. The van der Waals surface area contributed by atoms with Gasteiger partial charge in [0.05, 0.1) is 19.0 Å². The number of ether oxygens (including phenoxy) is 1. The molecule has 2 aliphatic rings. The van der Waals surface area contributed by atoms with Gasteiger partial charge < -0.3 is 20.1 Å². The van der Waals surface area contributed by atoms with Gasteiger partial charge >= 0.3 is 12.1 Å². The van der Waals surface area contributed by atoms with Crippen molar-refractivity contribution in [3.05, 3.63) is 0 Å². The van der Waals surface area contributed by atoms with Crippen LogP contribution in [0, 0.1) is 0 Å². The highest BCUT2D eigenvalue weighted by molar-refractivity contribution is 7.89. The summed E-state index contributed by atoms with van der Waals surface area (Å²) in [4.78, 5) is 25.3. The molecule has 10 nitrogen and oxygen atoms in total. The van der Waals surface area contributed by atoms with Crippen LogP contribution in [0.3, 0.4) is 0 Å². The molecule has 2 heterocycles. The molecule has 0 aromatic heterocycles. The van der Waals surface area contributed by atoms with Crippen LogP contribution in [0.2, 0.25) is 0 Å². The summed E-state index contributed by atoms with van der Waals surface area (Å²) in [5.74, 6) is -2.63. The molecule has 0 radical (unpaired) electrons. The van der Waals surface area contributed by atoms with E-state index in [1.165, 1.54) is 4.31 Å². The molecule has 0 spiro atoms. The number of carboxylic acids is 1. The molecule has 2 aliphatic heterocycles. The third kappa shape index (κ3) is 10.9. The standard InChI is InChI=1S/C16H32N4O4S.C2HF3O2/c1-2-25(22,23)20(8-3-7-18-12-14-24-15-13-18)9-4-16(21)19-10-5-17-6-11-19;3-2(4,5)1(6)7/h17H,2-15H2,1H3;(H,6,7). The van der Waals surface area contributed by atoms with Crippen molar-refractivity contribution in [2.24, 2.45) is 0 Å². The van der Waals surface area contributed by atoms with Crippen molar-refractivity contribution < 1.29 is 41.0 Å². The van der Waals surface area contributed by atoms with Gasteiger partial charge in [-0.25, -0.2) is 17.5 Å². The lowest BCUT2D eigenvalue weighted by molar-refractivity contribution is -0.192. The van der Waals surface area contributed by atoms with Gasteiger partial charge in [-0.15, -0.1) is 0 Å². The van der Waals surface area contributed by atoms with Crippen molar-refractivity contribution in [2.45, 2.75) is 25.9 Å². The molecule has 0 unspecified atom stereocenters. The van der Waals surface area contributed by atoms with E-state index in [0.29, 0.717) is 19.6 Å². The fourth-order valence-electron chi connectivity index (χ4n) is 3.16. The quantitative estimate of drug-likeness (QED) is 0.457. The Bertz CT molecular complexity index is 681. The number of rotatable bonds is 9. The lowest BCUT2D eigenvalue weighted by atomic mass is 10.3. The summed E-state index contributed by atoms with van der Waals surface area (Å²) in [5, 5.41) is 10.3. The number of hydrogen-bond acceptors (Lipinski definition) is 7. The van der Waals surface area contributed by atoms with Gasteiger partial charge in [-0.1, -0.05) is 0 Å². The van der Waals surface area contributed by atoms with E-state index in [1.807, 2.05) is 4.90 Å². The molecule has 2 N–H and O–H groups in total. The fraction of sp³-hybridized carbons (Fsp3) is 0.889. The minimum absolute atomic E-state index is 0.0472. The van der Waals surface area contributed by atoms with Gasteiger partial charge in [0, 0.05) is 58.8 Å². The van der Waals surface area contributed by atoms with E-state index in [1.54, 1.807) is 6.92 Å². The fourth-order valence-corrected chi connectivity index (χ4v) is 4.30. The lowest BCUT2D eigenvalue weighted by Gasteiger charge is -2.29. The highest BCUT2D eigenvalue weighted by Gasteiger charge is 2.38. The van der Waals surface area contributed by atoms with E-state index < -0.39 is 22.2 Å². The predicted molar refractivity (Wildman–Crippen MR) is 111 cm³/mol. The van der Waals surface area contributed by atoms with E-state index in [9.17, 15) is 26.4 Å². The number of alkyl halides is 3. The van der Waals surface area contributed by atoms with Crippen LogP contribution in [0.15, 0.2) is 0 Å². The first-order chi connectivity index (χ1) is 15.0. The van der Waals surface area contributed by atoms with Crippen LogP contribution in [0.4, 0.5) is 13.2 Å². The van der Waals surface area contributed by atoms with Crippen LogP contribution in [0.1, 0.15) is 19.8 Å². The smallest absolute Gasteiger partial charge is 0.475 e. The van der Waals surface area contributed by atoms with Crippen molar-refractivity contribution in [1.29, 1.82) is 0 Å². The number of sulfonamides is 1. The Morgan fingerprint density at radius 2 is 1.66 bits per heavy atom. The van der Waals surface area contributed by atoms with Gasteiger partial charge in [-0.3, -0.25) is 9.69 Å². The number of carbonyl (C=O) groups excluding carboxylic acids is 1. The van der Waals surface area contributed by atoms with Crippen LogP contribution in [-0.4, -0.2) is 124 Å². The monoisotopic (exact) mass is 490 g/mol. The summed E-state index contributed by atoms with van der Waals surface area (Å²) < 4.78 is 63.2. The number of hydrogen-bond donors (Lipinski definition) is 2. The number of halogens is 3. The minimum atomic E-state index is -5.08. The number of carboxylic acid groups (broad SMARTS) is 1. The van der Waals surface area contributed by atoms with Crippen molar-refractivity contribution in [3.8, 4) is 0 Å². The number of morpholine rings is 1. The molecule has 0 aromatic rings. The molecule has 0 bridgehead atoms.